The van der Waals surface area contributed by atoms with Gasteiger partial charge in [-0.1, -0.05) is 30.3 Å². The summed E-state index contributed by atoms with van der Waals surface area (Å²) in [6.07, 6.45) is 1.41. The van der Waals surface area contributed by atoms with E-state index in [0.29, 0.717) is 11.3 Å². The standard InChI is InChI=1S/C27H32N6O5/c1-27(2)21-14-18(8-9-19(21)25(37)33-27)30-26-29-15-20(24(36)28-10-12-38-13-11-34)23(32-26)31-22(16-35)17-6-4-3-5-7-17/h3-9,14-15,22,34-35H,10-13,16H2,1-2H3,(H,28,36)(H,33,37)(H2,29,30,31,32)/t22-/m1/s1. The molecule has 0 spiro atoms. The Morgan fingerprint density at radius 2 is 1.92 bits per heavy atom. The predicted molar refractivity (Wildman–Crippen MR) is 142 cm³/mol. The van der Waals surface area contributed by atoms with E-state index in [9.17, 15) is 14.7 Å². The molecule has 2 amide bonds. The molecular weight excluding hydrogens is 488 g/mol. The lowest BCUT2D eigenvalue weighted by molar-refractivity contribution is 0.0837. The van der Waals surface area contributed by atoms with E-state index in [-0.39, 0.29) is 56.2 Å². The number of carbonyl (C=O) groups is 2. The Balaban J connectivity index is 1.59. The molecule has 1 aromatic heterocycles. The van der Waals surface area contributed by atoms with Crippen LogP contribution in [0.1, 0.15) is 51.7 Å². The van der Waals surface area contributed by atoms with E-state index in [4.69, 9.17) is 9.84 Å². The van der Waals surface area contributed by atoms with Gasteiger partial charge in [-0.25, -0.2) is 4.98 Å². The summed E-state index contributed by atoms with van der Waals surface area (Å²) in [6, 6.07) is 14.2. The van der Waals surface area contributed by atoms with E-state index in [1.807, 2.05) is 50.2 Å². The Morgan fingerprint density at radius 1 is 1.13 bits per heavy atom. The third kappa shape index (κ3) is 6.25. The first-order valence-electron chi connectivity index (χ1n) is 12.3. The Labute approximate surface area is 220 Å². The summed E-state index contributed by atoms with van der Waals surface area (Å²) < 4.78 is 5.20. The highest BCUT2D eigenvalue weighted by Gasteiger charge is 2.35. The fourth-order valence-corrected chi connectivity index (χ4v) is 4.19. The largest absolute Gasteiger partial charge is 0.394 e. The van der Waals surface area contributed by atoms with Gasteiger partial charge in [-0.2, -0.15) is 4.98 Å². The smallest absolute Gasteiger partial charge is 0.256 e. The molecule has 0 aliphatic carbocycles. The monoisotopic (exact) mass is 520 g/mol. The number of aliphatic hydroxyl groups excluding tert-OH is 2. The van der Waals surface area contributed by atoms with Gasteiger partial charge in [0.05, 0.1) is 38.0 Å². The van der Waals surface area contributed by atoms with Gasteiger partial charge in [0, 0.05) is 24.0 Å². The lowest BCUT2D eigenvalue weighted by atomic mass is 9.94. The van der Waals surface area contributed by atoms with Crippen LogP contribution in [0.3, 0.4) is 0 Å². The van der Waals surface area contributed by atoms with Gasteiger partial charge >= 0.3 is 0 Å². The predicted octanol–water partition coefficient (Wildman–Crippen LogP) is 2.08. The summed E-state index contributed by atoms with van der Waals surface area (Å²) in [5, 5.41) is 30.9. The number of anilines is 3. The van der Waals surface area contributed by atoms with E-state index in [0.717, 1.165) is 11.1 Å². The summed E-state index contributed by atoms with van der Waals surface area (Å²) in [5.41, 5.74) is 2.66. The van der Waals surface area contributed by atoms with Crippen LogP contribution < -0.4 is 21.3 Å². The number of aliphatic hydroxyl groups is 2. The van der Waals surface area contributed by atoms with Crippen molar-refractivity contribution >= 4 is 29.3 Å². The second-order valence-corrected chi connectivity index (χ2v) is 9.30. The SMILES string of the molecule is CC1(C)NC(=O)c2ccc(Nc3ncc(C(=O)NCCOCCO)c(N[C@H](CO)c4ccccc4)n3)cc21. The zero-order valence-electron chi connectivity index (χ0n) is 21.3. The van der Waals surface area contributed by atoms with E-state index < -0.39 is 17.5 Å². The van der Waals surface area contributed by atoms with Crippen LogP contribution >= 0.6 is 0 Å². The molecule has 2 aromatic carbocycles. The Hall–Kier alpha value is -4.06. The molecule has 1 aliphatic rings. The molecule has 200 valence electrons. The van der Waals surface area contributed by atoms with Crippen molar-refractivity contribution in [1.82, 2.24) is 20.6 Å². The minimum Gasteiger partial charge on any atom is -0.394 e. The minimum atomic E-state index is -0.517. The number of carbonyl (C=O) groups excluding carboxylic acids is 2. The first-order chi connectivity index (χ1) is 18.3. The van der Waals surface area contributed by atoms with E-state index >= 15 is 0 Å². The number of hydrogen-bond acceptors (Lipinski definition) is 9. The molecule has 3 aromatic rings. The average molecular weight is 521 g/mol. The third-order valence-corrected chi connectivity index (χ3v) is 6.12. The average Bonchev–Trinajstić information content (AvgIpc) is 3.14. The number of ether oxygens (including phenoxy) is 1. The highest BCUT2D eigenvalue weighted by Crippen LogP contribution is 2.33. The number of nitrogens with one attached hydrogen (secondary N) is 4. The highest BCUT2D eigenvalue weighted by molar-refractivity contribution is 6.00. The topological polar surface area (TPSA) is 158 Å². The van der Waals surface area contributed by atoms with Crippen molar-refractivity contribution in [1.29, 1.82) is 0 Å². The summed E-state index contributed by atoms with van der Waals surface area (Å²) in [5.74, 6) is -0.0692. The van der Waals surface area contributed by atoms with Gasteiger partial charge in [-0.3, -0.25) is 9.59 Å². The summed E-state index contributed by atoms with van der Waals surface area (Å²) in [6.45, 7) is 4.20. The molecule has 38 heavy (non-hydrogen) atoms. The van der Waals surface area contributed by atoms with Gasteiger partial charge < -0.3 is 36.2 Å². The molecule has 11 heteroatoms. The molecule has 0 fully saturated rings. The molecule has 4 rings (SSSR count). The second-order valence-electron chi connectivity index (χ2n) is 9.30. The zero-order chi connectivity index (χ0) is 27.1. The Kier molecular flexibility index (Phi) is 8.52. The number of nitrogens with zero attached hydrogens (tertiary/aromatic N) is 2. The second kappa shape index (κ2) is 12.0. The molecule has 1 atom stereocenters. The Morgan fingerprint density at radius 3 is 2.66 bits per heavy atom. The number of hydrogen-bond donors (Lipinski definition) is 6. The maximum Gasteiger partial charge on any atom is 0.256 e. The van der Waals surface area contributed by atoms with Crippen molar-refractivity contribution in [2.24, 2.45) is 0 Å². The molecule has 2 heterocycles. The van der Waals surface area contributed by atoms with Gasteiger partial charge in [0.15, 0.2) is 0 Å². The molecule has 0 radical (unpaired) electrons. The number of aromatic nitrogens is 2. The maximum atomic E-state index is 12.9. The Bertz CT molecular complexity index is 1280. The molecular formula is C27H32N6O5. The van der Waals surface area contributed by atoms with Crippen LogP contribution in [0.25, 0.3) is 0 Å². The van der Waals surface area contributed by atoms with Gasteiger partial charge in [0.2, 0.25) is 5.95 Å². The van der Waals surface area contributed by atoms with Crippen LogP contribution in [0.4, 0.5) is 17.5 Å². The van der Waals surface area contributed by atoms with Gasteiger partial charge in [-0.05, 0) is 43.2 Å². The van der Waals surface area contributed by atoms with Crippen LogP contribution in [0.15, 0.2) is 54.7 Å². The molecule has 0 saturated carbocycles. The van der Waals surface area contributed by atoms with Crippen LogP contribution in [-0.4, -0.2) is 65.0 Å². The number of fused-ring (bicyclic) bond motifs is 1. The highest BCUT2D eigenvalue weighted by atomic mass is 16.5. The number of rotatable bonds is 12. The van der Waals surface area contributed by atoms with E-state index in [1.54, 1.807) is 12.1 Å². The molecule has 0 saturated heterocycles. The van der Waals surface area contributed by atoms with Crippen molar-refractivity contribution in [2.45, 2.75) is 25.4 Å². The molecule has 0 bridgehead atoms. The van der Waals surface area contributed by atoms with Crippen LogP contribution in [0.5, 0.6) is 0 Å². The van der Waals surface area contributed by atoms with Gasteiger partial charge in [0.1, 0.15) is 11.4 Å². The summed E-state index contributed by atoms with van der Waals surface area (Å²) in [7, 11) is 0. The molecule has 1 aliphatic heterocycles. The van der Waals surface area contributed by atoms with Crippen molar-refractivity contribution in [3.05, 3.63) is 77.0 Å². The molecule has 0 unspecified atom stereocenters. The van der Waals surface area contributed by atoms with Crippen LogP contribution in [-0.2, 0) is 10.3 Å². The van der Waals surface area contributed by atoms with Crippen molar-refractivity contribution in [2.75, 3.05) is 43.6 Å². The third-order valence-electron chi connectivity index (χ3n) is 6.12. The van der Waals surface area contributed by atoms with Gasteiger partial charge in [0.25, 0.3) is 11.8 Å². The van der Waals surface area contributed by atoms with Crippen molar-refractivity contribution in [3.8, 4) is 0 Å². The zero-order valence-corrected chi connectivity index (χ0v) is 21.3. The first kappa shape index (κ1) is 27.0. The normalized spacial score (nSPS) is 14.4. The van der Waals surface area contributed by atoms with E-state index in [1.165, 1.54) is 6.20 Å². The van der Waals surface area contributed by atoms with Crippen molar-refractivity contribution < 1.29 is 24.5 Å². The fourth-order valence-electron chi connectivity index (χ4n) is 4.19. The van der Waals surface area contributed by atoms with Crippen LogP contribution in [0, 0.1) is 0 Å². The molecule has 6 N–H and O–H groups in total. The quantitative estimate of drug-likeness (QED) is 0.197. The first-order valence-corrected chi connectivity index (χ1v) is 12.3. The lowest BCUT2D eigenvalue weighted by Gasteiger charge is -2.21. The number of benzene rings is 2. The summed E-state index contributed by atoms with van der Waals surface area (Å²) >= 11 is 0. The summed E-state index contributed by atoms with van der Waals surface area (Å²) in [4.78, 5) is 34.1. The maximum absolute atomic E-state index is 12.9. The van der Waals surface area contributed by atoms with Gasteiger partial charge in [-0.15, -0.1) is 0 Å². The van der Waals surface area contributed by atoms with Crippen LogP contribution in [0.2, 0.25) is 0 Å². The fraction of sp³-hybridized carbons (Fsp3) is 0.333. The minimum absolute atomic E-state index is 0.0963. The van der Waals surface area contributed by atoms with Crippen molar-refractivity contribution in [3.63, 3.8) is 0 Å². The van der Waals surface area contributed by atoms with E-state index in [2.05, 4.69) is 31.2 Å². The number of amides is 2. The lowest BCUT2D eigenvalue weighted by Crippen LogP contribution is -2.32. The molecule has 11 nitrogen and oxygen atoms in total.